The number of benzene rings is 1. The molecule has 2 aromatic heterocycles. The Morgan fingerprint density at radius 1 is 1.25 bits per heavy atom. The van der Waals surface area contributed by atoms with Gasteiger partial charge in [-0.2, -0.15) is 9.78 Å². The van der Waals surface area contributed by atoms with E-state index in [0.717, 1.165) is 23.2 Å². The molecule has 3 aromatic rings. The van der Waals surface area contributed by atoms with Crippen molar-refractivity contribution in [2.24, 2.45) is 0 Å². The van der Waals surface area contributed by atoms with Crippen LogP contribution in [0.5, 0.6) is 0 Å². The topological polar surface area (TPSA) is 90.5 Å². The van der Waals surface area contributed by atoms with Crippen molar-refractivity contribution in [3.8, 4) is 5.69 Å². The molecule has 148 valence electrons. The van der Waals surface area contributed by atoms with Crippen LogP contribution >= 0.6 is 11.8 Å². The van der Waals surface area contributed by atoms with Crippen molar-refractivity contribution in [1.82, 2.24) is 30.0 Å². The van der Waals surface area contributed by atoms with Gasteiger partial charge in [0, 0.05) is 6.07 Å². The quantitative estimate of drug-likeness (QED) is 0.611. The molecule has 0 aliphatic heterocycles. The summed E-state index contributed by atoms with van der Waals surface area (Å²) in [7, 11) is 0. The number of nitrogens with zero attached hydrogens (tertiary/aromatic N) is 6. The van der Waals surface area contributed by atoms with Gasteiger partial charge >= 0.3 is 0 Å². The van der Waals surface area contributed by atoms with Crippen LogP contribution in [0.25, 0.3) is 5.69 Å². The maximum atomic E-state index is 12.7. The van der Waals surface area contributed by atoms with Crippen LogP contribution in [-0.2, 0) is 4.79 Å². The van der Waals surface area contributed by atoms with Crippen LogP contribution in [0, 0.1) is 13.8 Å². The summed E-state index contributed by atoms with van der Waals surface area (Å²) < 4.78 is 3.51. The van der Waals surface area contributed by atoms with E-state index < -0.39 is 0 Å². The minimum atomic E-state index is -0.379. The molecule has 2 heterocycles. The van der Waals surface area contributed by atoms with Crippen LogP contribution in [0.3, 0.4) is 0 Å². The van der Waals surface area contributed by atoms with Gasteiger partial charge in [-0.1, -0.05) is 30.8 Å². The van der Waals surface area contributed by atoms with Crippen LogP contribution in [0.15, 0.2) is 35.6 Å². The van der Waals surface area contributed by atoms with E-state index in [4.69, 9.17) is 0 Å². The first kappa shape index (κ1) is 20.1. The Kier molecular flexibility index (Phi) is 6.13. The molecule has 0 spiro atoms. The smallest absolute Gasteiger partial charge is 0.238 e. The number of thioether (sulfide) groups is 1. The summed E-state index contributed by atoms with van der Waals surface area (Å²) in [4.78, 5) is 12.7. The van der Waals surface area contributed by atoms with E-state index in [1.807, 2.05) is 49.7 Å². The van der Waals surface area contributed by atoms with E-state index in [-0.39, 0.29) is 17.2 Å². The van der Waals surface area contributed by atoms with Gasteiger partial charge in [0.2, 0.25) is 11.1 Å². The monoisotopic (exact) mass is 399 g/mol. The van der Waals surface area contributed by atoms with Gasteiger partial charge in [-0.25, -0.2) is 4.68 Å². The van der Waals surface area contributed by atoms with Crippen LogP contribution in [0.1, 0.15) is 44.4 Å². The summed E-state index contributed by atoms with van der Waals surface area (Å²) in [6, 6.07) is 8.14. The molecule has 0 unspecified atom stereocenters. The van der Waals surface area contributed by atoms with E-state index >= 15 is 0 Å². The number of hydrogen-bond donors (Lipinski definition) is 1. The number of carbonyl (C=O) groups excluding carboxylic acids is 1. The minimum absolute atomic E-state index is 0.120. The van der Waals surface area contributed by atoms with Gasteiger partial charge in [0.15, 0.2) is 0 Å². The van der Waals surface area contributed by atoms with Crippen LogP contribution in [0.4, 0.5) is 5.82 Å². The van der Waals surface area contributed by atoms with Crippen LogP contribution in [0.2, 0.25) is 0 Å². The average molecular weight is 400 g/mol. The highest BCUT2D eigenvalue weighted by Gasteiger charge is 2.21. The van der Waals surface area contributed by atoms with Gasteiger partial charge in [-0.05, 0) is 61.7 Å². The number of anilines is 1. The maximum absolute atomic E-state index is 12.7. The Morgan fingerprint density at radius 2 is 2.04 bits per heavy atom. The van der Waals surface area contributed by atoms with E-state index in [1.165, 1.54) is 11.8 Å². The molecule has 1 aromatic carbocycles. The molecule has 9 heteroatoms. The van der Waals surface area contributed by atoms with E-state index in [1.54, 1.807) is 10.9 Å². The molecule has 0 bridgehead atoms. The Bertz CT molecular complexity index is 965. The molecule has 28 heavy (non-hydrogen) atoms. The highest BCUT2D eigenvalue weighted by Crippen LogP contribution is 2.26. The van der Waals surface area contributed by atoms with Crippen molar-refractivity contribution >= 4 is 23.5 Å². The molecule has 0 radical (unpaired) electrons. The Labute approximate surface area is 168 Å². The van der Waals surface area contributed by atoms with E-state index in [9.17, 15) is 4.79 Å². The Balaban J connectivity index is 1.75. The second kappa shape index (κ2) is 8.55. The molecule has 0 aliphatic carbocycles. The predicted molar refractivity (Wildman–Crippen MR) is 110 cm³/mol. The summed E-state index contributed by atoms with van der Waals surface area (Å²) in [5, 5.41) is 19.5. The third-order valence-corrected chi connectivity index (χ3v) is 5.65. The number of carbonyl (C=O) groups is 1. The van der Waals surface area contributed by atoms with Crippen molar-refractivity contribution in [2.75, 3.05) is 5.32 Å². The zero-order chi connectivity index (χ0) is 20.3. The second-order valence-electron chi connectivity index (χ2n) is 6.83. The summed E-state index contributed by atoms with van der Waals surface area (Å²) in [5.74, 6) is 0.575. The highest BCUT2D eigenvalue weighted by atomic mass is 32.2. The number of hydrogen-bond acceptors (Lipinski definition) is 6. The number of amides is 1. The van der Waals surface area contributed by atoms with E-state index in [0.29, 0.717) is 11.0 Å². The van der Waals surface area contributed by atoms with Gasteiger partial charge in [0.05, 0.1) is 23.2 Å². The average Bonchev–Trinajstić information content (AvgIpc) is 3.32. The number of nitrogens with one attached hydrogen (secondary N) is 1. The molecule has 3 rings (SSSR count). The molecule has 2 atom stereocenters. The third kappa shape index (κ3) is 4.24. The van der Waals surface area contributed by atoms with Crippen molar-refractivity contribution < 1.29 is 4.79 Å². The van der Waals surface area contributed by atoms with Crippen molar-refractivity contribution in [2.45, 2.75) is 57.5 Å². The largest absolute Gasteiger partial charge is 0.310 e. The SMILES string of the molecule is CC[C@@H](C)n1nccc1NC(=O)[C@H](C)Sc1nnnn1-c1cc(C)ccc1C. The first-order valence-corrected chi connectivity index (χ1v) is 10.2. The number of rotatable bonds is 7. The second-order valence-corrected chi connectivity index (χ2v) is 8.14. The lowest BCUT2D eigenvalue weighted by atomic mass is 10.1. The maximum Gasteiger partial charge on any atom is 0.238 e. The minimum Gasteiger partial charge on any atom is -0.310 e. The molecule has 0 fully saturated rings. The fraction of sp³-hybridized carbons (Fsp3) is 0.421. The molecule has 0 aliphatic rings. The number of aryl methyl sites for hydroxylation is 2. The molecular weight excluding hydrogens is 374 g/mol. The van der Waals surface area contributed by atoms with E-state index in [2.05, 4.69) is 39.8 Å². The van der Waals surface area contributed by atoms with Gasteiger partial charge in [0.1, 0.15) is 5.82 Å². The van der Waals surface area contributed by atoms with Crippen molar-refractivity contribution in [1.29, 1.82) is 0 Å². The summed E-state index contributed by atoms with van der Waals surface area (Å²) >= 11 is 1.32. The Morgan fingerprint density at radius 3 is 2.79 bits per heavy atom. The standard InChI is InChI=1S/C19H25N7OS/c1-6-14(4)25-17(9-10-20-25)21-18(27)15(5)28-19-22-23-24-26(19)16-11-12(2)7-8-13(16)3/h7-11,14-15H,6H2,1-5H3,(H,21,27)/t14-,15+/m1/s1. The third-order valence-electron chi connectivity index (χ3n) is 4.62. The zero-order valence-corrected chi connectivity index (χ0v) is 17.6. The fourth-order valence-electron chi connectivity index (χ4n) is 2.73. The van der Waals surface area contributed by atoms with Gasteiger partial charge in [-0.3, -0.25) is 4.79 Å². The van der Waals surface area contributed by atoms with Crippen LogP contribution in [-0.4, -0.2) is 41.1 Å². The zero-order valence-electron chi connectivity index (χ0n) is 16.7. The molecule has 1 N–H and O–H groups in total. The van der Waals surface area contributed by atoms with Gasteiger partial charge < -0.3 is 5.32 Å². The first-order chi connectivity index (χ1) is 13.4. The molecule has 0 saturated carbocycles. The summed E-state index contributed by atoms with van der Waals surface area (Å²) in [5.41, 5.74) is 3.10. The van der Waals surface area contributed by atoms with Crippen molar-refractivity contribution in [3.63, 3.8) is 0 Å². The Hall–Kier alpha value is -2.68. The molecule has 1 amide bonds. The lowest BCUT2D eigenvalue weighted by Crippen LogP contribution is -2.25. The number of tetrazole rings is 1. The summed E-state index contributed by atoms with van der Waals surface area (Å²) in [6.45, 7) is 10.0. The van der Waals surface area contributed by atoms with Crippen LogP contribution < -0.4 is 5.32 Å². The first-order valence-electron chi connectivity index (χ1n) is 9.27. The molecular formula is C19H25N7OS. The predicted octanol–water partition coefficient (Wildman–Crippen LogP) is 3.57. The number of aromatic nitrogens is 6. The van der Waals surface area contributed by atoms with Crippen molar-refractivity contribution in [3.05, 3.63) is 41.6 Å². The normalized spacial score (nSPS) is 13.3. The lowest BCUT2D eigenvalue weighted by Gasteiger charge is -2.16. The molecule has 8 nitrogen and oxygen atoms in total. The summed E-state index contributed by atoms with van der Waals surface area (Å²) in [6.07, 6.45) is 2.63. The lowest BCUT2D eigenvalue weighted by molar-refractivity contribution is -0.115. The fourth-order valence-corrected chi connectivity index (χ4v) is 3.53. The van der Waals surface area contributed by atoms with Gasteiger partial charge in [-0.15, -0.1) is 5.10 Å². The van der Waals surface area contributed by atoms with Gasteiger partial charge in [0.25, 0.3) is 0 Å². The highest BCUT2D eigenvalue weighted by molar-refractivity contribution is 8.00. The molecule has 0 saturated heterocycles.